The molecule has 0 unspecified atom stereocenters. The first kappa shape index (κ1) is 12.2. The molecule has 3 rings (SSSR count). The number of hydrogen-bond acceptors (Lipinski definition) is 2. The van der Waals surface area contributed by atoms with Gasteiger partial charge in [-0.1, -0.05) is 23.7 Å². The summed E-state index contributed by atoms with van der Waals surface area (Å²) < 4.78 is 0. The first-order valence-electron chi connectivity index (χ1n) is 6.20. The van der Waals surface area contributed by atoms with Crippen molar-refractivity contribution >= 4 is 23.3 Å². The number of hydrogen-bond donors (Lipinski definition) is 2. The first-order valence-corrected chi connectivity index (χ1v) is 6.57. The van der Waals surface area contributed by atoms with Crippen LogP contribution < -0.4 is 5.32 Å². The molecule has 0 radical (unpaired) electrons. The molecule has 4 nitrogen and oxygen atoms in total. The van der Waals surface area contributed by atoms with E-state index in [1.54, 1.807) is 0 Å². The van der Waals surface area contributed by atoms with Gasteiger partial charge >= 0.3 is 0 Å². The standard InChI is InChI=1S/C14H14ClN3O/c1-9-8-12(18-17-9)16-13(19)14(6-7-14)10-2-4-11(15)5-3-10/h2-5,8H,6-7H2,1H3,(H2,16,17,18,19). The zero-order valence-corrected chi connectivity index (χ0v) is 11.3. The van der Waals surface area contributed by atoms with Crippen LogP contribution in [0.3, 0.4) is 0 Å². The Hall–Kier alpha value is -1.81. The number of carbonyl (C=O) groups excluding carboxylic acids is 1. The topological polar surface area (TPSA) is 57.8 Å². The molecule has 2 N–H and O–H groups in total. The Balaban J connectivity index is 1.81. The lowest BCUT2D eigenvalue weighted by Crippen LogP contribution is -2.27. The van der Waals surface area contributed by atoms with Gasteiger partial charge in [-0.05, 0) is 37.5 Å². The quantitative estimate of drug-likeness (QED) is 0.904. The molecule has 0 bridgehead atoms. The second kappa shape index (κ2) is 4.38. The Morgan fingerprint density at radius 3 is 2.58 bits per heavy atom. The molecule has 1 aromatic heterocycles. The second-order valence-electron chi connectivity index (χ2n) is 4.98. The molecule has 98 valence electrons. The Morgan fingerprint density at radius 2 is 2.05 bits per heavy atom. The third-order valence-electron chi connectivity index (χ3n) is 3.53. The number of H-pyrrole nitrogens is 1. The maximum Gasteiger partial charge on any atom is 0.236 e. The van der Waals surface area contributed by atoms with Crippen LogP contribution in [-0.2, 0) is 10.2 Å². The molecule has 0 spiro atoms. The molecule has 0 saturated heterocycles. The first-order chi connectivity index (χ1) is 9.10. The largest absolute Gasteiger partial charge is 0.308 e. The van der Waals surface area contributed by atoms with Gasteiger partial charge < -0.3 is 5.32 Å². The Bertz CT molecular complexity index is 614. The number of aromatic nitrogens is 2. The smallest absolute Gasteiger partial charge is 0.236 e. The van der Waals surface area contributed by atoms with Crippen LogP contribution in [0.5, 0.6) is 0 Å². The van der Waals surface area contributed by atoms with Gasteiger partial charge in [-0.2, -0.15) is 5.10 Å². The number of halogens is 1. The number of benzene rings is 1. The normalized spacial score (nSPS) is 16.1. The molecule has 0 atom stereocenters. The molecule has 1 saturated carbocycles. The molecule has 1 aromatic carbocycles. The number of anilines is 1. The minimum atomic E-state index is -0.405. The average Bonchev–Trinajstić information content (AvgIpc) is 3.10. The van der Waals surface area contributed by atoms with E-state index in [0.29, 0.717) is 10.8 Å². The van der Waals surface area contributed by atoms with Crippen LogP contribution in [0.1, 0.15) is 24.1 Å². The zero-order chi connectivity index (χ0) is 13.5. The summed E-state index contributed by atoms with van der Waals surface area (Å²) in [6.45, 7) is 1.90. The fourth-order valence-electron chi connectivity index (χ4n) is 2.26. The summed E-state index contributed by atoms with van der Waals surface area (Å²) >= 11 is 5.88. The fraction of sp³-hybridized carbons (Fsp3) is 0.286. The molecule has 1 amide bonds. The highest BCUT2D eigenvalue weighted by Gasteiger charge is 2.51. The van der Waals surface area contributed by atoms with Crippen molar-refractivity contribution in [3.63, 3.8) is 0 Å². The van der Waals surface area contributed by atoms with E-state index in [1.807, 2.05) is 37.3 Å². The summed E-state index contributed by atoms with van der Waals surface area (Å²) in [5.74, 6) is 0.573. The predicted octanol–water partition coefficient (Wildman–Crippen LogP) is 3.04. The molecule has 1 heterocycles. The number of nitrogens with zero attached hydrogens (tertiary/aromatic N) is 1. The molecular formula is C14H14ClN3O. The Labute approximate surface area is 116 Å². The van der Waals surface area contributed by atoms with Crippen LogP contribution in [0, 0.1) is 6.92 Å². The summed E-state index contributed by atoms with van der Waals surface area (Å²) in [5, 5.41) is 10.4. The lowest BCUT2D eigenvalue weighted by Gasteiger charge is -2.14. The Morgan fingerprint density at radius 1 is 1.37 bits per heavy atom. The Kier molecular flexibility index (Phi) is 2.82. The van der Waals surface area contributed by atoms with E-state index in [4.69, 9.17) is 11.6 Å². The number of aromatic amines is 1. The van der Waals surface area contributed by atoms with Crippen molar-refractivity contribution in [2.45, 2.75) is 25.2 Å². The highest BCUT2D eigenvalue weighted by atomic mass is 35.5. The van der Waals surface area contributed by atoms with E-state index in [-0.39, 0.29) is 5.91 Å². The highest BCUT2D eigenvalue weighted by Crippen LogP contribution is 2.49. The van der Waals surface area contributed by atoms with E-state index < -0.39 is 5.41 Å². The van der Waals surface area contributed by atoms with E-state index in [2.05, 4.69) is 15.5 Å². The van der Waals surface area contributed by atoms with Gasteiger partial charge in [0.15, 0.2) is 5.82 Å². The summed E-state index contributed by atoms with van der Waals surface area (Å²) in [4.78, 5) is 12.4. The fourth-order valence-corrected chi connectivity index (χ4v) is 2.38. The van der Waals surface area contributed by atoms with Gasteiger partial charge in [-0.3, -0.25) is 9.89 Å². The van der Waals surface area contributed by atoms with Crippen LogP contribution in [0.25, 0.3) is 0 Å². The van der Waals surface area contributed by atoms with E-state index >= 15 is 0 Å². The average molecular weight is 276 g/mol. The lowest BCUT2D eigenvalue weighted by atomic mass is 9.95. The third-order valence-corrected chi connectivity index (χ3v) is 3.78. The van der Waals surface area contributed by atoms with E-state index in [0.717, 1.165) is 24.1 Å². The summed E-state index contributed by atoms with van der Waals surface area (Å²) in [7, 11) is 0. The SMILES string of the molecule is Cc1cc(NC(=O)C2(c3ccc(Cl)cc3)CC2)n[nH]1. The van der Waals surface area contributed by atoms with Crippen LogP contribution >= 0.6 is 11.6 Å². The summed E-state index contributed by atoms with van der Waals surface area (Å²) in [5.41, 5.74) is 1.53. The van der Waals surface area contributed by atoms with Crippen LogP contribution in [0.2, 0.25) is 5.02 Å². The van der Waals surface area contributed by atoms with Crippen LogP contribution in [0.4, 0.5) is 5.82 Å². The molecular weight excluding hydrogens is 262 g/mol. The highest BCUT2D eigenvalue weighted by molar-refractivity contribution is 6.30. The number of amides is 1. The van der Waals surface area contributed by atoms with Crippen molar-refractivity contribution in [3.05, 3.63) is 46.6 Å². The summed E-state index contributed by atoms with van der Waals surface area (Å²) in [6, 6.07) is 9.30. The van der Waals surface area contributed by atoms with Gasteiger partial charge in [0.25, 0.3) is 0 Å². The lowest BCUT2D eigenvalue weighted by molar-refractivity contribution is -0.118. The van der Waals surface area contributed by atoms with Crippen LogP contribution in [0.15, 0.2) is 30.3 Å². The maximum atomic E-state index is 12.4. The molecule has 1 fully saturated rings. The monoisotopic (exact) mass is 275 g/mol. The zero-order valence-electron chi connectivity index (χ0n) is 10.5. The molecule has 1 aliphatic carbocycles. The van der Waals surface area contributed by atoms with Gasteiger partial charge in [0.05, 0.1) is 5.41 Å². The minimum Gasteiger partial charge on any atom is -0.308 e. The van der Waals surface area contributed by atoms with Crippen molar-refractivity contribution in [3.8, 4) is 0 Å². The molecule has 2 aromatic rings. The van der Waals surface area contributed by atoms with Crippen molar-refractivity contribution in [2.24, 2.45) is 0 Å². The van der Waals surface area contributed by atoms with Crippen LogP contribution in [-0.4, -0.2) is 16.1 Å². The molecule has 1 aliphatic rings. The minimum absolute atomic E-state index is 0.00122. The maximum absolute atomic E-state index is 12.4. The number of rotatable bonds is 3. The van der Waals surface area contributed by atoms with Crippen molar-refractivity contribution in [1.82, 2.24) is 10.2 Å². The van der Waals surface area contributed by atoms with E-state index in [1.165, 1.54) is 0 Å². The predicted molar refractivity (Wildman–Crippen MR) is 74.3 cm³/mol. The van der Waals surface area contributed by atoms with Gasteiger partial charge in [-0.25, -0.2) is 0 Å². The van der Waals surface area contributed by atoms with Gasteiger partial charge in [0, 0.05) is 16.8 Å². The molecule has 5 heteroatoms. The van der Waals surface area contributed by atoms with Crippen molar-refractivity contribution < 1.29 is 4.79 Å². The number of nitrogens with one attached hydrogen (secondary N) is 2. The van der Waals surface area contributed by atoms with Gasteiger partial charge in [0.1, 0.15) is 0 Å². The van der Waals surface area contributed by atoms with Crippen molar-refractivity contribution in [2.75, 3.05) is 5.32 Å². The van der Waals surface area contributed by atoms with Gasteiger partial charge in [0.2, 0.25) is 5.91 Å². The summed E-state index contributed by atoms with van der Waals surface area (Å²) in [6.07, 6.45) is 1.73. The molecule has 19 heavy (non-hydrogen) atoms. The number of carbonyl (C=O) groups is 1. The van der Waals surface area contributed by atoms with Crippen molar-refractivity contribution in [1.29, 1.82) is 0 Å². The second-order valence-corrected chi connectivity index (χ2v) is 5.42. The van der Waals surface area contributed by atoms with E-state index in [9.17, 15) is 4.79 Å². The number of aryl methyl sites for hydroxylation is 1. The third kappa shape index (κ3) is 2.24. The molecule has 0 aliphatic heterocycles. The van der Waals surface area contributed by atoms with Gasteiger partial charge in [-0.15, -0.1) is 0 Å².